The monoisotopic (exact) mass is 729 g/mol. The number of fused-ring (bicyclic) bond motifs is 7. The lowest BCUT2D eigenvalue weighted by Crippen LogP contribution is -2.10. The molecule has 11 rings (SSSR count). The van der Waals surface area contributed by atoms with Gasteiger partial charge in [0.2, 0.25) is 0 Å². The molecule has 1 aliphatic carbocycles. The number of rotatable bonds is 6. The molecule has 1 aliphatic rings. The van der Waals surface area contributed by atoms with Gasteiger partial charge in [-0.05, 0) is 121 Å². The molecule has 9 aromatic carbocycles. The second kappa shape index (κ2) is 13.5. The van der Waals surface area contributed by atoms with Crippen LogP contribution >= 0.6 is 0 Å². The molecule has 1 aromatic heterocycles. The van der Waals surface area contributed by atoms with Gasteiger partial charge in [0.1, 0.15) is 11.2 Å². The van der Waals surface area contributed by atoms with Crippen molar-refractivity contribution in [2.45, 2.75) is 19.3 Å². The van der Waals surface area contributed by atoms with E-state index in [0.29, 0.717) is 5.92 Å². The maximum Gasteiger partial charge on any atom is 0.143 e. The van der Waals surface area contributed by atoms with E-state index in [1.165, 1.54) is 54.9 Å². The predicted octanol–water partition coefficient (Wildman–Crippen LogP) is 15.6. The third-order valence-electron chi connectivity index (χ3n) is 11.9. The lowest BCUT2D eigenvalue weighted by Gasteiger charge is -2.27. The van der Waals surface area contributed by atoms with Crippen LogP contribution in [0.4, 0.5) is 17.1 Å². The molecule has 0 saturated carbocycles. The minimum atomic E-state index is 0.476. The molecule has 0 amide bonds. The normalized spacial score (nSPS) is 13.9. The van der Waals surface area contributed by atoms with Crippen LogP contribution in [0.3, 0.4) is 0 Å². The van der Waals surface area contributed by atoms with Gasteiger partial charge >= 0.3 is 0 Å². The van der Waals surface area contributed by atoms with Gasteiger partial charge in [-0.25, -0.2) is 0 Å². The Hall–Kier alpha value is -7.16. The lowest BCUT2D eigenvalue weighted by molar-refractivity contribution is 0.670. The number of allylic oxidation sites excluding steroid dienone is 1. The summed E-state index contributed by atoms with van der Waals surface area (Å²) in [7, 11) is 0. The molecule has 0 spiro atoms. The average Bonchev–Trinajstić information content (AvgIpc) is 3.66. The first-order valence-corrected chi connectivity index (χ1v) is 19.9. The van der Waals surface area contributed by atoms with E-state index in [9.17, 15) is 0 Å². The first-order chi connectivity index (χ1) is 28.2. The molecule has 0 N–H and O–H groups in total. The Labute approximate surface area is 332 Å². The highest BCUT2D eigenvalue weighted by Crippen LogP contribution is 2.43. The number of hydrogen-bond acceptors (Lipinski definition) is 2. The van der Waals surface area contributed by atoms with E-state index in [0.717, 1.165) is 56.5 Å². The first-order valence-electron chi connectivity index (χ1n) is 19.9. The van der Waals surface area contributed by atoms with Gasteiger partial charge in [-0.15, -0.1) is 0 Å². The zero-order valence-corrected chi connectivity index (χ0v) is 31.7. The van der Waals surface area contributed by atoms with Crippen molar-refractivity contribution >= 4 is 66.1 Å². The second-order valence-corrected chi connectivity index (χ2v) is 15.3. The van der Waals surface area contributed by atoms with E-state index in [4.69, 9.17) is 4.42 Å². The molecule has 2 heteroatoms. The van der Waals surface area contributed by atoms with Crippen molar-refractivity contribution in [1.29, 1.82) is 0 Å². The van der Waals surface area contributed by atoms with Gasteiger partial charge in [0, 0.05) is 33.4 Å². The number of para-hydroxylation sites is 2. The standard InChI is InChI=1S/C55H39NO/c1-36-17-33-47(51-34-26-39-10-4-5-12-48(39)54(36)51)40-22-29-45(30-23-40)56(44-27-20-38(21-28-44)43-19-18-37-9-2-3-11-42(37)35-43)46-31-24-41(25-32-46)49-14-8-15-52-50-13-6-7-16-53(50)57-55(49)52/h2-16,18-36H,17H2,1H3. The number of nitrogens with zero attached hydrogens (tertiary/aromatic N) is 1. The zero-order chi connectivity index (χ0) is 37.9. The molecule has 270 valence electrons. The fourth-order valence-corrected chi connectivity index (χ4v) is 9.03. The highest BCUT2D eigenvalue weighted by Gasteiger charge is 2.22. The van der Waals surface area contributed by atoms with E-state index in [2.05, 4.69) is 200 Å². The molecule has 1 heterocycles. The van der Waals surface area contributed by atoms with E-state index < -0.39 is 0 Å². The van der Waals surface area contributed by atoms with Crippen LogP contribution < -0.4 is 4.90 Å². The molecule has 10 aromatic rings. The summed E-state index contributed by atoms with van der Waals surface area (Å²) in [6.07, 6.45) is 3.46. The lowest BCUT2D eigenvalue weighted by atomic mass is 9.79. The first kappa shape index (κ1) is 33.2. The molecule has 2 nitrogen and oxygen atoms in total. The molecule has 0 aliphatic heterocycles. The van der Waals surface area contributed by atoms with Crippen molar-refractivity contribution in [2.24, 2.45) is 0 Å². The summed E-state index contributed by atoms with van der Waals surface area (Å²) in [6.45, 7) is 2.35. The Kier molecular flexibility index (Phi) is 7.89. The maximum absolute atomic E-state index is 6.42. The van der Waals surface area contributed by atoms with E-state index in [1.807, 2.05) is 12.1 Å². The topological polar surface area (TPSA) is 16.4 Å². The van der Waals surface area contributed by atoms with Crippen molar-refractivity contribution < 1.29 is 4.42 Å². The van der Waals surface area contributed by atoms with E-state index >= 15 is 0 Å². The minimum absolute atomic E-state index is 0.476. The van der Waals surface area contributed by atoms with Crippen LogP contribution in [0.15, 0.2) is 205 Å². The second-order valence-electron chi connectivity index (χ2n) is 15.3. The third kappa shape index (κ3) is 5.72. The van der Waals surface area contributed by atoms with Crippen molar-refractivity contribution in [1.82, 2.24) is 0 Å². The van der Waals surface area contributed by atoms with E-state index in [1.54, 1.807) is 0 Å². The van der Waals surface area contributed by atoms with Crippen LogP contribution in [0.25, 0.3) is 71.3 Å². The van der Waals surface area contributed by atoms with Crippen molar-refractivity contribution in [2.75, 3.05) is 4.90 Å². The van der Waals surface area contributed by atoms with Crippen molar-refractivity contribution in [3.05, 3.63) is 217 Å². The molecule has 0 bridgehead atoms. The summed E-state index contributed by atoms with van der Waals surface area (Å²) in [6, 6.07) is 70.4. The largest absolute Gasteiger partial charge is 0.455 e. The molecular formula is C55H39NO. The van der Waals surface area contributed by atoms with Gasteiger partial charge in [0.05, 0.1) is 0 Å². The quantitative estimate of drug-likeness (QED) is 0.169. The summed E-state index contributed by atoms with van der Waals surface area (Å²) in [5, 5.41) is 7.45. The summed E-state index contributed by atoms with van der Waals surface area (Å²) in [5.41, 5.74) is 15.1. The molecular weight excluding hydrogens is 691 g/mol. The SMILES string of the molecule is CC1CC=C(c2ccc(N(c3ccc(-c4ccc5ccccc5c4)cc3)c3ccc(-c4cccc5c4oc4ccccc45)cc3)cc2)c2ccc3ccccc3c21. The summed E-state index contributed by atoms with van der Waals surface area (Å²) >= 11 is 0. The summed E-state index contributed by atoms with van der Waals surface area (Å²) in [4.78, 5) is 2.36. The Morgan fingerprint density at radius 2 is 1.02 bits per heavy atom. The minimum Gasteiger partial charge on any atom is -0.455 e. The molecule has 0 saturated heterocycles. The van der Waals surface area contributed by atoms with Gasteiger partial charge in [0.15, 0.2) is 0 Å². The van der Waals surface area contributed by atoms with Gasteiger partial charge in [-0.3, -0.25) is 0 Å². The van der Waals surface area contributed by atoms with Gasteiger partial charge < -0.3 is 9.32 Å². The van der Waals surface area contributed by atoms with E-state index in [-0.39, 0.29) is 0 Å². The Balaban J connectivity index is 0.983. The molecule has 1 atom stereocenters. The number of furan rings is 1. The summed E-state index contributed by atoms with van der Waals surface area (Å²) in [5.74, 6) is 0.476. The predicted molar refractivity (Wildman–Crippen MR) is 241 cm³/mol. The van der Waals surface area contributed by atoms with Gasteiger partial charge in [-0.2, -0.15) is 0 Å². The zero-order valence-electron chi connectivity index (χ0n) is 31.7. The molecule has 0 radical (unpaired) electrons. The van der Waals surface area contributed by atoms with Crippen molar-refractivity contribution in [3.63, 3.8) is 0 Å². The van der Waals surface area contributed by atoms with Crippen LogP contribution in [0, 0.1) is 0 Å². The van der Waals surface area contributed by atoms with Gasteiger partial charge in [0.25, 0.3) is 0 Å². The number of benzene rings is 9. The fraction of sp³-hybridized carbons (Fsp3) is 0.0545. The fourth-order valence-electron chi connectivity index (χ4n) is 9.03. The Bertz CT molecular complexity index is 3150. The highest BCUT2D eigenvalue weighted by atomic mass is 16.3. The third-order valence-corrected chi connectivity index (χ3v) is 11.9. The van der Waals surface area contributed by atoms with Crippen LogP contribution in [0.5, 0.6) is 0 Å². The Morgan fingerprint density at radius 3 is 1.77 bits per heavy atom. The molecule has 0 fully saturated rings. The molecule has 57 heavy (non-hydrogen) atoms. The maximum atomic E-state index is 6.42. The van der Waals surface area contributed by atoms with Crippen LogP contribution in [-0.2, 0) is 0 Å². The average molecular weight is 730 g/mol. The Morgan fingerprint density at radius 1 is 0.439 bits per heavy atom. The smallest absolute Gasteiger partial charge is 0.143 e. The number of anilines is 3. The number of hydrogen-bond donors (Lipinski definition) is 0. The highest BCUT2D eigenvalue weighted by molar-refractivity contribution is 6.09. The molecule has 1 unspecified atom stereocenters. The van der Waals surface area contributed by atoms with Crippen LogP contribution in [0.2, 0.25) is 0 Å². The summed E-state index contributed by atoms with van der Waals surface area (Å²) < 4.78 is 6.42. The van der Waals surface area contributed by atoms with Crippen LogP contribution in [0.1, 0.15) is 36.0 Å². The van der Waals surface area contributed by atoms with Crippen LogP contribution in [-0.4, -0.2) is 0 Å². The van der Waals surface area contributed by atoms with Gasteiger partial charge in [-0.1, -0.05) is 159 Å². The van der Waals surface area contributed by atoms with Crippen molar-refractivity contribution in [3.8, 4) is 22.3 Å².